The van der Waals surface area contributed by atoms with Crippen molar-refractivity contribution in [1.82, 2.24) is 4.98 Å². The number of allylic oxidation sites excluding steroid dienone is 2. The molecule has 1 aromatic heterocycles. The first-order chi connectivity index (χ1) is 17.2. The Hall–Kier alpha value is -3.70. The molecule has 0 saturated heterocycles. The Kier molecular flexibility index (Phi) is 6.05. The first-order valence-corrected chi connectivity index (χ1v) is 12.3. The first kappa shape index (κ1) is 24.0. The number of amidine groups is 1. The molecule has 2 N–H and O–H groups in total. The second kappa shape index (κ2) is 9.07. The van der Waals surface area contributed by atoms with Gasteiger partial charge in [0.1, 0.15) is 11.6 Å². The predicted molar refractivity (Wildman–Crippen MR) is 144 cm³/mol. The van der Waals surface area contributed by atoms with Gasteiger partial charge in [0.25, 0.3) is 0 Å². The van der Waals surface area contributed by atoms with Gasteiger partial charge in [-0.05, 0) is 54.7 Å². The Morgan fingerprint density at radius 1 is 1.08 bits per heavy atom. The van der Waals surface area contributed by atoms with Crippen molar-refractivity contribution in [3.8, 4) is 0 Å². The maximum absolute atomic E-state index is 13.8. The molecule has 2 aliphatic rings. The number of ketones is 1. The van der Waals surface area contributed by atoms with Crippen molar-refractivity contribution >= 4 is 34.7 Å². The van der Waals surface area contributed by atoms with Crippen LogP contribution in [0.1, 0.15) is 49.3 Å². The van der Waals surface area contributed by atoms with Crippen LogP contribution in [-0.2, 0) is 4.79 Å². The summed E-state index contributed by atoms with van der Waals surface area (Å²) in [5, 5.41) is 21.7. The number of carbonyl (C=O) groups excluding carboxylic acids is 1. The van der Waals surface area contributed by atoms with Crippen molar-refractivity contribution in [2.45, 2.75) is 39.5 Å². The monoisotopic (exact) mass is 497 g/mol. The van der Waals surface area contributed by atoms with Crippen molar-refractivity contribution in [3.05, 3.63) is 112 Å². The molecule has 36 heavy (non-hydrogen) atoms. The zero-order chi connectivity index (χ0) is 25.6. The fourth-order valence-corrected chi connectivity index (χ4v) is 5.36. The Balaban J connectivity index is 1.84. The summed E-state index contributed by atoms with van der Waals surface area (Å²) >= 11 is 6.17. The average Bonchev–Trinajstić information content (AvgIpc) is 2.84. The normalized spacial score (nSPS) is 20.9. The Labute approximate surface area is 216 Å². The molecule has 0 fully saturated rings. The second-order valence-corrected chi connectivity index (χ2v) is 10.7. The van der Waals surface area contributed by atoms with Crippen LogP contribution < -0.4 is 4.90 Å². The van der Waals surface area contributed by atoms with Gasteiger partial charge in [0, 0.05) is 57.8 Å². The fourth-order valence-electron chi connectivity index (χ4n) is 5.24. The summed E-state index contributed by atoms with van der Waals surface area (Å²) in [6, 6.07) is 18.5. The summed E-state index contributed by atoms with van der Waals surface area (Å²) < 4.78 is 0. The molecule has 1 aliphatic heterocycles. The Morgan fingerprint density at radius 3 is 2.42 bits per heavy atom. The van der Waals surface area contributed by atoms with Crippen molar-refractivity contribution in [2.24, 2.45) is 5.41 Å². The maximum Gasteiger partial charge on any atom is 0.162 e. The number of Topliss-reactive ketones (excluding diaryl/α,β-unsaturated/α-hetero) is 1. The highest BCUT2D eigenvalue weighted by atomic mass is 35.5. The van der Waals surface area contributed by atoms with Gasteiger partial charge in [-0.25, -0.2) is 0 Å². The summed E-state index contributed by atoms with van der Waals surface area (Å²) in [4.78, 5) is 19.9. The van der Waals surface area contributed by atoms with Crippen LogP contribution in [0, 0.1) is 17.7 Å². The largest absolute Gasteiger partial charge is 0.507 e. The highest BCUT2D eigenvalue weighted by Crippen LogP contribution is 2.51. The van der Waals surface area contributed by atoms with Gasteiger partial charge in [0.05, 0.1) is 0 Å². The van der Waals surface area contributed by atoms with E-state index in [0.29, 0.717) is 34.6 Å². The zero-order valence-corrected chi connectivity index (χ0v) is 21.3. The molecule has 2 heterocycles. The number of aromatic nitrogens is 1. The van der Waals surface area contributed by atoms with E-state index >= 15 is 0 Å². The number of aryl methyl sites for hydroxylation is 1. The number of nitrogens with one attached hydrogen (secondary N) is 1. The molecule has 5 nitrogen and oxygen atoms in total. The van der Waals surface area contributed by atoms with E-state index in [-0.39, 0.29) is 22.8 Å². The lowest BCUT2D eigenvalue weighted by Crippen LogP contribution is -2.45. The summed E-state index contributed by atoms with van der Waals surface area (Å²) in [6.07, 6.45) is 4.41. The predicted octanol–water partition coefficient (Wildman–Crippen LogP) is 7.24. The molecule has 1 unspecified atom stereocenters. The number of aliphatic hydroxyl groups excluding tert-OH is 1. The highest BCUT2D eigenvalue weighted by molar-refractivity contribution is 6.30. The van der Waals surface area contributed by atoms with Gasteiger partial charge in [-0.15, -0.1) is 0 Å². The SMILES string of the molecule is Cc1ccc(/C(O)=C2\C(=N)N(c3ccc(Cl)cc3)C3=C(C(=O)CC(C)(C)C3)C2c2cccnc2)cc1. The Bertz CT molecular complexity index is 1400. The van der Waals surface area contributed by atoms with Crippen LogP contribution in [0.15, 0.2) is 89.9 Å². The molecule has 0 radical (unpaired) electrons. The van der Waals surface area contributed by atoms with Crippen LogP contribution in [0.25, 0.3) is 5.76 Å². The van der Waals surface area contributed by atoms with Crippen molar-refractivity contribution in [3.63, 3.8) is 0 Å². The minimum atomic E-state index is -0.602. The van der Waals surface area contributed by atoms with E-state index in [1.165, 1.54) is 0 Å². The van der Waals surface area contributed by atoms with Crippen LogP contribution >= 0.6 is 11.6 Å². The van der Waals surface area contributed by atoms with Gasteiger partial charge in [-0.2, -0.15) is 0 Å². The van der Waals surface area contributed by atoms with Crippen LogP contribution in [0.2, 0.25) is 5.02 Å². The van der Waals surface area contributed by atoms with Crippen LogP contribution in [-0.4, -0.2) is 21.7 Å². The first-order valence-electron chi connectivity index (χ1n) is 12.0. The molecule has 0 bridgehead atoms. The van der Waals surface area contributed by atoms with E-state index in [0.717, 1.165) is 22.5 Å². The van der Waals surface area contributed by atoms with Crippen molar-refractivity contribution in [2.75, 3.05) is 4.90 Å². The summed E-state index contributed by atoms with van der Waals surface area (Å²) in [5.41, 5.74) is 4.68. The molecule has 2 aromatic carbocycles. The van der Waals surface area contributed by atoms with Crippen LogP contribution in [0.5, 0.6) is 0 Å². The number of hydrogen-bond acceptors (Lipinski definition) is 4. The molecule has 182 valence electrons. The van der Waals surface area contributed by atoms with E-state index in [1.807, 2.05) is 55.5 Å². The minimum absolute atomic E-state index is 0.0167. The number of benzene rings is 2. The number of halogens is 1. The van der Waals surface area contributed by atoms with E-state index < -0.39 is 5.92 Å². The van der Waals surface area contributed by atoms with Crippen molar-refractivity contribution < 1.29 is 9.90 Å². The molecule has 0 saturated carbocycles. The van der Waals surface area contributed by atoms with Gasteiger partial charge in [0.15, 0.2) is 5.78 Å². The van der Waals surface area contributed by atoms with Crippen LogP contribution in [0.4, 0.5) is 5.69 Å². The summed E-state index contributed by atoms with van der Waals surface area (Å²) in [5.74, 6) is -0.462. The summed E-state index contributed by atoms with van der Waals surface area (Å²) in [6.45, 7) is 6.13. The van der Waals surface area contributed by atoms with E-state index in [9.17, 15) is 15.3 Å². The number of anilines is 1. The molecule has 5 rings (SSSR count). The molecule has 1 atom stereocenters. The van der Waals surface area contributed by atoms with Crippen LogP contribution in [0.3, 0.4) is 0 Å². The number of hydrogen-bond donors (Lipinski definition) is 2. The second-order valence-electron chi connectivity index (χ2n) is 10.3. The molecular weight excluding hydrogens is 470 g/mol. The number of aliphatic hydroxyl groups is 1. The maximum atomic E-state index is 13.8. The van der Waals surface area contributed by atoms with Gasteiger partial charge in [0.2, 0.25) is 0 Å². The number of rotatable bonds is 3. The fraction of sp³-hybridized carbons (Fsp3) is 0.233. The van der Waals surface area contributed by atoms with Crippen molar-refractivity contribution in [1.29, 1.82) is 5.41 Å². The molecule has 0 spiro atoms. The van der Waals surface area contributed by atoms with E-state index in [2.05, 4.69) is 18.8 Å². The molecule has 6 heteroatoms. The zero-order valence-electron chi connectivity index (χ0n) is 20.5. The Morgan fingerprint density at radius 2 is 1.78 bits per heavy atom. The quantitative estimate of drug-likeness (QED) is 0.374. The standard InChI is InChI=1S/C30H28ClN3O2/c1-18-6-8-19(9-7-18)28(36)27-25(20-5-4-14-33-17-20)26-23(15-30(2,3)16-24(26)35)34(29(27)32)22-12-10-21(31)11-13-22/h4-14,17,25,32,36H,15-16H2,1-3H3/b28-27+,32-29?. The third-order valence-corrected chi connectivity index (χ3v) is 7.16. The lowest BCUT2D eigenvalue weighted by Gasteiger charge is -2.45. The van der Waals surface area contributed by atoms with E-state index in [1.54, 1.807) is 29.4 Å². The van der Waals surface area contributed by atoms with Gasteiger partial charge >= 0.3 is 0 Å². The number of nitrogens with zero attached hydrogens (tertiary/aromatic N) is 2. The minimum Gasteiger partial charge on any atom is -0.507 e. The van der Waals surface area contributed by atoms with Gasteiger partial charge < -0.3 is 5.11 Å². The number of carbonyl (C=O) groups is 1. The highest BCUT2D eigenvalue weighted by Gasteiger charge is 2.46. The topological polar surface area (TPSA) is 77.3 Å². The average molecular weight is 498 g/mol. The molecule has 1 aliphatic carbocycles. The summed E-state index contributed by atoms with van der Waals surface area (Å²) in [7, 11) is 0. The molecular formula is C30H28ClN3O2. The number of pyridine rings is 1. The smallest absolute Gasteiger partial charge is 0.162 e. The van der Waals surface area contributed by atoms with E-state index in [4.69, 9.17) is 11.6 Å². The van der Waals surface area contributed by atoms with Gasteiger partial charge in [-0.3, -0.25) is 20.1 Å². The lowest BCUT2D eigenvalue weighted by molar-refractivity contribution is -0.118. The third-order valence-electron chi connectivity index (χ3n) is 6.91. The van der Waals surface area contributed by atoms with Gasteiger partial charge in [-0.1, -0.05) is 61.3 Å². The molecule has 3 aromatic rings. The third kappa shape index (κ3) is 4.24. The molecule has 0 amide bonds. The lowest BCUT2D eigenvalue weighted by atomic mass is 9.67.